The number of amides is 1. The third-order valence-electron chi connectivity index (χ3n) is 3.66. The Balaban J connectivity index is 4.97. The number of hydrogen-bond acceptors (Lipinski definition) is 4. The van der Waals surface area contributed by atoms with E-state index in [1.165, 1.54) is 11.6 Å². The van der Waals surface area contributed by atoms with Gasteiger partial charge in [-0.05, 0) is 74.3 Å². The van der Waals surface area contributed by atoms with Crippen LogP contribution in [-0.4, -0.2) is 23.4 Å². The SMILES string of the molecule is C=C(/C=C/C(=O)NO)C(C)=C=C/C=C(\C)C(=O)CNC(/C=C(/C)C(=C)Cl)=C/C. The molecule has 0 saturated carbocycles. The monoisotopic (exact) mass is 402 g/mol. The van der Waals surface area contributed by atoms with Crippen molar-refractivity contribution in [2.45, 2.75) is 27.7 Å². The number of ketones is 1. The highest BCUT2D eigenvalue weighted by molar-refractivity contribution is 6.31. The molecule has 1 amide bonds. The summed E-state index contributed by atoms with van der Waals surface area (Å²) in [5.74, 6) is -0.711. The predicted octanol–water partition coefficient (Wildman–Crippen LogP) is 4.41. The zero-order valence-electron chi connectivity index (χ0n) is 16.7. The van der Waals surface area contributed by atoms with E-state index in [9.17, 15) is 9.59 Å². The number of hydroxylamine groups is 1. The molecule has 0 unspecified atom stereocenters. The quantitative estimate of drug-likeness (QED) is 0.166. The van der Waals surface area contributed by atoms with Gasteiger partial charge in [0.1, 0.15) is 0 Å². The molecule has 3 N–H and O–H groups in total. The third kappa shape index (κ3) is 10.3. The number of hydrogen-bond donors (Lipinski definition) is 3. The molecule has 0 aliphatic heterocycles. The van der Waals surface area contributed by atoms with Crippen LogP contribution >= 0.6 is 11.6 Å². The van der Waals surface area contributed by atoms with E-state index in [-0.39, 0.29) is 12.3 Å². The van der Waals surface area contributed by atoms with Gasteiger partial charge in [-0.2, -0.15) is 0 Å². The summed E-state index contributed by atoms with van der Waals surface area (Å²) in [5, 5.41) is 11.9. The van der Waals surface area contributed by atoms with E-state index >= 15 is 0 Å². The van der Waals surface area contributed by atoms with Gasteiger partial charge in [0.05, 0.1) is 6.54 Å². The lowest BCUT2D eigenvalue weighted by atomic mass is 10.1. The van der Waals surface area contributed by atoms with Gasteiger partial charge in [-0.3, -0.25) is 14.8 Å². The fourth-order valence-electron chi connectivity index (χ4n) is 1.69. The normalized spacial score (nSPS) is 12.3. The summed E-state index contributed by atoms with van der Waals surface area (Å²) in [5.41, 5.74) is 7.87. The molecule has 6 heteroatoms. The molecule has 0 rings (SSSR count). The molecule has 0 aliphatic rings. The van der Waals surface area contributed by atoms with Gasteiger partial charge in [0.25, 0.3) is 5.91 Å². The summed E-state index contributed by atoms with van der Waals surface area (Å²) in [4.78, 5) is 23.2. The van der Waals surface area contributed by atoms with Crippen LogP contribution in [0.3, 0.4) is 0 Å². The van der Waals surface area contributed by atoms with E-state index in [0.29, 0.717) is 21.8 Å². The smallest absolute Gasteiger partial charge is 0.267 e. The van der Waals surface area contributed by atoms with Crippen LogP contribution < -0.4 is 10.8 Å². The van der Waals surface area contributed by atoms with Crippen molar-refractivity contribution in [3.05, 3.63) is 88.4 Å². The zero-order chi connectivity index (χ0) is 21.7. The number of Topliss-reactive ketones (excluding diaryl/α,β-unsaturated/α-hetero) is 1. The van der Waals surface area contributed by atoms with Crippen LogP contribution in [0.5, 0.6) is 0 Å². The standard InChI is InChI=1S/C22H27ClN2O3/c1-7-20(13-18(5)19(6)23)24-14-21(26)17(4)10-8-9-15(2)16(3)11-12-22(27)25-28/h7-8,10-13,24,28H,3,6,14H2,1-2,4-5H3,(H,25,27)/b12-11+,17-10+,18-13-,20-7+. The van der Waals surface area contributed by atoms with Crippen LogP contribution in [0.2, 0.25) is 0 Å². The van der Waals surface area contributed by atoms with Gasteiger partial charge >= 0.3 is 0 Å². The maximum atomic E-state index is 12.2. The Hall–Kier alpha value is -2.85. The molecule has 0 heterocycles. The van der Waals surface area contributed by atoms with Gasteiger partial charge < -0.3 is 5.32 Å². The highest BCUT2D eigenvalue weighted by atomic mass is 35.5. The molecule has 0 atom stereocenters. The molecule has 0 bridgehead atoms. The number of rotatable bonds is 10. The van der Waals surface area contributed by atoms with E-state index in [1.54, 1.807) is 26.0 Å². The van der Waals surface area contributed by atoms with Crippen LogP contribution in [0.4, 0.5) is 0 Å². The zero-order valence-corrected chi connectivity index (χ0v) is 17.5. The van der Waals surface area contributed by atoms with Crippen LogP contribution in [0.15, 0.2) is 88.4 Å². The molecule has 0 aromatic carbocycles. The first-order chi connectivity index (χ1) is 13.1. The topological polar surface area (TPSA) is 78.4 Å². The van der Waals surface area contributed by atoms with Crippen molar-refractivity contribution >= 4 is 23.3 Å². The van der Waals surface area contributed by atoms with Crippen LogP contribution in [-0.2, 0) is 9.59 Å². The third-order valence-corrected chi connectivity index (χ3v) is 3.96. The minimum atomic E-state index is -0.646. The minimum absolute atomic E-state index is 0.0656. The molecule has 28 heavy (non-hydrogen) atoms. The first-order valence-electron chi connectivity index (χ1n) is 8.50. The summed E-state index contributed by atoms with van der Waals surface area (Å²) in [6, 6.07) is 0. The number of carbonyl (C=O) groups excluding carboxylic acids is 2. The maximum Gasteiger partial charge on any atom is 0.267 e. The lowest BCUT2D eigenvalue weighted by Crippen LogP contribution is -2.22. The second-order valence-electron chi connectivity index (χ2n) is 5.87. The van der Waals surface area contributed by atoms with E-state index in [2.05, 4.69) is 24.2 Å². The first-order valence-corrected chi connectivity index (χ1v) is 8.88. The van der Waals surface area contributed by atoms with E-state index in [1.807, 2.05) is 26.0 Å². The van der Waals surface area contributed by atoms with Gasteiger partial charge in [-0.15, -0.1) is 5.73 Å². The largest absolute Gasteiger partial charge is 0.378 e. The van der Waals surface area contributed by atoms with E-state index in [0.717, 1.165) is 17.3 Å². The minimum Gasteiger partial charge on any atom is -0.378 e. The molecule has 150 valence electrons. The molecule has 0 spiro atoms. The van der Waals surface area contributed by atoms with Crippen LogP contribution in [0.25, 0.3) is 0 Å². The van der Waals surface area contributed by atoms with Gasteiger partial charge in [-0.25, -0.2) is 5.48 Å². The van der Waals surface area contributed by atoms with Crippen molar-refractivity contribution in [2.75, 3.05) is 6.54 Å². The van der Waals surface area contributed by atoms with Crippen molar-refractivity contribution in [1.29, 1.82) is 0 Å². The Morgan fingerprint density at radius 2 is 1.79 bits per heavy atom. The summed E-state index contributed by atoms with van der Waals surface area (Å²) < 4.78 is 0. The Labute approximate surface area is 171 Å². The van der Waals surface area contributed by atoms with Crippen molar-refractivity contribution < 1.29 is 14.8 Å². The average molecular weight is 403 g/mol. The highest BCUT2D eigenvalue weighted by Crippen LogP contribution is 2.12. The van der Waals surface area contributed by atoms with Gasteiger partial charge in [0, 0.05) is 16.8 Å². The second kappa shape index (κ2) is 13.3. The summed E-state index contributed by atoms with van der Waals surface area (Å²) >= 11 is 5.84. The number of carbonyl (C=O) groups is 2. The highest BCUT2D eigenvalue weighted by Gasteiger charge is 2.04. The molecule has 0 saturated heterocycles. The van der Waals surface area contributed by atoms with Crippen molar-refractivity contribution in [2.24, 2.45) is 0 Å². The Morgan fingerprint density at radius 1 is 1.14 bits per heavy atom. The van der Waals surface area contributed by atoms with Gasteiger partial charge in [0.15, 0.2) is 5.78 Å². The molecule has 0 aromatic rings. The lowest BCUT2D eigenvalue weighted by molar-refractivity contribution is -0.124. The Bertz CT molecular complexity index is 821. The summed E-state index contributed by atoms with van der Waals surface area (Å²) in [7, 11) is 0. The number of nitrogens with one attached hydrogen (secondary N) is 2. The molecule has 0 aliphatic carbocycles. The van der Waals surface area contributed by atoms with Gasteiger partial charge in [-0.1, -0.05) is 30.8 Å². The fourth-order valence-corrected chi connectivity index (χ4v) is 1.74. The van der Waals surface area contributed by atoms with Gasteiger partial charge in [0.2, 0.25) is 0 Å². The molecular weight excluding hydrogens is 376 g/mol. The predicted molar refractivity (Wildman–Crippen MR) is 115 cm³/mol. The second-order valence-corrected chi connectivity index (χ2v) is 6.33. The lowest BCUT2D eigenvalue weighted by Gasteiger charge is -2.08. The van der Waals surface area contributed by atoms with Crippen LogP contribution in [0, 0.1) is 0 Å². The first kappa shape index (κ1) is 25.1. The van der Waals surface area contributed by atoms with Crippen molar-refractivity contribution in [3.63, 3.8) is 0 Å². The average Bonchev–Trinajstić information content (AvgIpc) is 2.67. The van der Waals surface area contributed by atoms with E-state index in [4.69, 9.17) is 16.8 Å². The van der Waals surface area contributed by atoms with Crippen molar-refractivity contribution in [3.8, 4) is 0 Å². The molecule has 0 radical (unpaired) electrons. The molecule has 5 nitrogen and oxygen atoms in total. The number of allylic oxidation sites excluding steroid dienone is 8. The summed E-state index contributed by atoms with van der Waals surface area (Å²) in [6.07, 6.45) is 9.55. The maximum absolute atomic E-state index is 12.2. The Morgan fingerprint density at radius 3 is 2.32 bits per heavy atom. The fraction of sp³-hybridized carbons (Fsp3) is 0.227. The molecular formula is C22H27ClN2O3. The summed E-state index contributed by atoms with van der Waals surface area (Å²) in [6.45, 7) is 14.8. The van der Waals surface area contributed by atoms with Crippen LogP contribution in [0.1, 0.15) is 27.7 Å². The Kier molecular flexibility index (Phi) is 12.0. The van der Waals surface area contributed by atoms with Crippen molar-refractivity contribution in [1.82, 2.24) is 10.8 Å². The van der Waals surface area contributed by atoms with E-state index < -0.39 is 5.91 Å². The molecule has 0 fully saturated rings. The molecule has 0 aromatic heterocycles. The number of halogens is 1.